The maximum Gasteiger partial charge on any atom is 0.231 e. The van der Waals surface area contributed by atoms with E-state index in [1.165, 1.54) is 24.0 Å². The Morgan fingerprint density at radius 3 is 2.68 bits per heavy atom. The lowest BCUT2D eigenvalue weighted by atomic mass is 10.1. The van der Waals surface area contributed by atoms with Crippen LogP contribution in [0.2, 0.25) is 0 Å². The van der Waals surface area contributed by atoms with Gasteiger partial charge in [-0.25, -0.2) is 0 Å². The molecular formula is C15H22N2O2. The lowest BCUT2D eigenvalue weighted by molar-refractivity contribution is 0.174. The monoisotopic (exact) mass is 262 g/mol. The maximum atomic E-state index is 6.18. The number of ether oxygens (including phenoxy) is 2. The fourth-order valence-corrected chi connectivity index (χ4v) is 3.16. The molecule has 4 nitrogen and oxygen atoms in total. The molecule has 2 N–H and O–H groups in total. The maximum absolute atomic E-state index is 6.18. The van der Waals surface area contributed by atoms with Crippen molar-refractivity contribution in [3.8, 4) is 11.5 Å². The minimum atomic E-state index is 0.319. The first-order valence-corrected chi connectivity index (χ1v) is 7.00. The summed E-state index contributed by atoms with van der Waals surface area (Å²) in [6, 6.07) is 5.00. The van der Waals surface area contributed by atoms with Crippen molar-refractivity contribution in [3.63, 3.8) is 0 Å². The lowest BCUT2D eigenvalue weighted by Crippen LogP contribution is -2.41. The van der Waals surface area contributed by atoms with Gasteiger partial charge in [-0.05, 0) is 50.1 Å². The van der Waals surface area contributed by atoms with Gasteiger partial charge in [-0.3, -0.25) is 4.90 Å². The molecule has 0 radical (unpaired) electrons. The quantitative estimate of drug-likeness (QED) is 0.905. The molecule has 2 aliphatic rings. The van der Waals surface area contributed by atoms with Crippen LogP contribution in [0.4, 0.5) is 0 Å². The van der Waals surface area contributed by atoms with Crippen molar-refractivity contribution in [2.75, 3.05) is 13.8 Å². The second-order valence-corrected chi connectivity index (χ2v) is 5.71. The molecule has 1 fully saturated rings. The van der Waals surface area contributed by atoms with Gasteiger partial charge in [0.15, 0.2) is 11.5 Å². The number of likely N-dealkylation sites (N-methyl/N-ethyl adjacent to an activating group) is 1. The third-order valence-corrected chi connectivity index (χ3v) is 4.35. The first-order chi connectivity index (χ1) is 9.15. The molecule has 4 heteroatoms. The number of nitrogens with zero attached hydrogens (tertiary/aromatic N) is 1. The summed E-state index contributed by atoms with van der Waals surface area (Å²) in [6.07, 6.45) is 3.60. The molecule has 1 heterocycles. The van der Waals surface area contributed by atoms with Gasteiger partial charge in [0, 0.05) is 18.6 Å². The molecule has 1 aromatic rings. The lowest BCUT2D eigenvalue weighted by Gasteiger charge is -2.28. The highest BCUT2D eigenvalue weighted by atomic mass is 16.7. The molecule has 19 heavy (non-hydrogen) atoms. The summed E-state index contributed by atoms with van der Waals surface area (Å²) >= 11 is 0. The highest BCUT2D eigenvalue weighted by Gasteiger charge is 2.28. The van der Waals surface area contributed by atoms with Crippen molar-refractivity contribution < 1.29 is 9.47 Å². The molecule has 1 aromatic carbocycles. The number of fused-ring (bicyclic) bond motifs is 1. The molecule has 1 aliphatic carbocycles. The Kier molecular flexibility index (Phi) is 3.37. The standard InChI is InChI=1S/C15H22N2O2/c1-10-6-14-15(19-9-18-14)7-11(10)8-17(2)13-5-3-4-12(13)16/h6-7,12-13H,3-5,8-9,16H2,1-2H3. The molecule has 0 aromatic heterocycles. The van der Waals surface area contributed by atoms with Gasteiger partial charge in [0.1, 0.15) is 0 Å². The Balaban J connectivity index is 1.76. The predicted molar refractivity (Wildman–Crippen MR) is 74.4 cm³/mol. The van der Waals surface area contributed by atoms with Crippen molar-refractivity contribution in [2.24, 2.45) is 5.73 Å². The van der Waals surface area contributed by atoms with E-state index in [0.29, 0.717) is 18.9 Å². The van der Waals surface area contributed by atoms with Crippen LogP contribution in [-0.4, -0.2) is 30.8 Å². The van der Waals surface area contributed by atoms with Crippen LogP contribution in [-0.2, 0) is 6.54 Å². The van der Waals surface area contributed by atoms with Crippen molar-refractivity contribution in [1.82, 2.24) is 4.90 Å². The summed E-state index contributed by atoms with van der Waals surface area (Å²) in [5.74, 6) is 1.73. The van der Waals surface area contributed by atoms with Crippen molar-refractivity contribution in [1.29, 1.82) is 0 Å². The van der Waals surface area contributed by atoms with Crippen LogP contribution in [0.1, 0.15) is 30.4 Å². The van der Waals surface area contributed by atoms with Gasteiger partial charge in [-0.15, -0.1) is 0 Å². The van der Waals surface area contributed by atoms with Crippen LogP contribution in [0.3, 0.4) is 0 Å². The minimum Gasteiger partial charge on any atom is -0.454 e. The number of nitrogens with two attached hydrogens (primary N) is 1. The second-order valence-electron chi connectivity index (χ2n) is 5.71. The van der Waals surface area contributed by atoms with Gasteiger partial charge < -0.3 is 15.2 Å². The van der Waals surface area contributed by atoms with Crippen LogP contribution in [0.5, 0.6) is 11.5 Å². The van der Waals surface area contributed by atoms with Crippen LogP contribution >= 0.6 is 0 Å². The predicted octanol–water partition coefficient (Wildman–Crippen LogP) is 2.04. The third-order valence-electron chi connectivity index (χ3n) is 4.35. The minimum absolute atomic E-state index is 0.319. The summed E-state index contributed by atoms with van der Waals surface area (Å²) in [5, 5.41) is 0. The normalized spacial score (nSPS) is 25.3. The number of benzene rings is 1. The number of hydrogen-bond donors (Lipinski definition) is 1. The van der Waals surface area contributed by atoms with E-state index in [2.05, 4.69) is 31.0 Å². The van der Waals surface area contributed by atoms with E-state index in [9.17, 15) is 0 Å². The Morgan fingerprint density at radius 1 is 1.26 bits per heavy atom. The van der Waals surface area contributed by atoms with E-state index in [1.54, 1.807) is 0 Å². The van der Waals surface area contributed by atoms with Crippen LogP contribution < -0.4 is 15.2 Å². The number of aryl methyl sites for hydroxylation is 1. The van der Waals surface area contributed by atoms with Crippen LogP contribution in [0, 0.1) is 6.92 Å². The van der Waals surface area contributed by atoms with Crippen molar-refractivity contribution in [3.05, 3.63) is 23.3 Å². The first-order valence-electron chi connectivity index (χ1n) is 7.00. The summed E-state index contributed by atoms with van der Waals surface area (Å²) in [4.78, 5) is 2.38. The first kappa shape index (κ1) is 12.8. The van der Waals surface area contributed by atoms with Gasteiger partial charge in [0.2, 0.25) is 6.79 Å². The van der Waals surface area contributed by atoms with E-state index < -0.39 is 0 Å². The van der Waals surface area contributed by atoms with E-state index in [1.807, 2.05) is 0 Å². The summed E-state index contributed by atoms with van der Waals surface area (Å²) in [5.41, 5.74) is 8.72. The molecule has 2 unspecified atom stereocenters. The molecule has 3 rings (SSSR count). The highest BCUT2D eigenvalue weighted by Crippen LogP contribution is 2.35. The third kappa shape index (κ3) is 2.42. The molecule has 0 bridgehead atoms. The van der Waals surface area contributed by atoms with Crippen LogP contribution in [0.25, 0.3) is 0 Å². The van der Waals surface area contributed by atoms with E-state index in [-0.39, 0.29) is 0 Å². The van der Waals surface area contributed by atoms with Gasteiger partial charge in [-0.1, -0.05) is 6.42 Å². The van der Waals surface area contributed by atoms with Gasteiger partial charge in [0.05, 0.1) is 0 Å². The fourth-order valence-electron chi connectivity index (χ4n) is 3.16. The Labute approximate surface area is 114 Å². The molecule has 1 aliphatic heterocycles. The van der Waals surface area contributed by atoms with Crippen molar-refractivity contribution >= 4 is 0 Å². The van der Waals surface area contributed by atoms with Crippen molar-refractivity contribution in [2.45, 2.75) is 44.8 Å². The summed E-state index contributed by atoms with van der Waals surface area (Å²) in [6.45, 7) is 3.38. The smallest absolute Gasteiger partial charge is 0.231 e. The molecule has 2 atom stereocenters. The number of hydrogen-bond acceptors (Lipinski definition) is 4. The van der Waals surface area contributed by atoms with Gasteiger partial charge >= 0.3 is 0 Å². The average Bonchev–Trinajstić information content (AvgIpc) is 2.98. The summed E-state index contributed by atoms with van der Waals surface area (Å²) in [7, 11) is 2.17. The molecular weight excluding hydrogens is 240 g/mol. The zero-order valence-corrected chi connectivity index (χ0v) is 11.7. The van der Waals surface area contributed by atoms with E-state index in [4.69, 9.17) is 15.2 Å². The molecule has 0 saturated heterocycles. The van der Waals surface area contributed by atoms with E-state index in [0.717, 1.165) is 24.5 Å². The average molecular weight is 262 g/mol. The Morgan fingerprint density at radius 2 is 2.00 bits per heavy atom. The fraction of sp³-hybridized carbons (Fsp3) is 0.600. The largest absolute Gasteiger partial charge is 0.454 e. The zero-order valence-electron chi connectivity index (χ0n) is 11.7. The SMILES string of the molecule is Cc1cc2c(cc1CN(C)C1CCCC1N)OCO2. The van der Waals surface area contributed by atoms with Gasteiger partial charge in [0.25, 0.3) is 0 Å². The zero-order chi connectivity index (χ0) is 13.4. The molecule has 0 spiro atoms. The number of rotatable bonds is 3. The topological polar surface area (TPSA) is 47.7 Å². The molecule has 1 saturated carbocycles. The van der Waals surface area contributed by atoms with E-state index >= 15 is 0 Å². The molecule has 104 valence electrons. The second kappa shape index (κ2) is 5.02. The highest BCUT2D eigenvalue weighted by molar-refractivity contribution is 5.48. The molecule has 0 amide bonds. The Hall–Kier alpha value is -1.26. The summed E-state index contributed by atoms with van der Waals surface area (Å²) < 4.78 is 10.9. The van der Waals surface area contributed by atoms with Gasteiger partial charge in [-0.2, -0.15) is 0 Å². The van der Waals surface area contributed by atoms with Crippen LogP contribution in [0.15, 0.2) is 12.1 Å². The Bertz CT molecular complexity index is 475.